The van der Waals surface area contributed by atoms with Gasteiger partial charge in [0, 0.05) is 26.2 Å². The topological polar surface area (TPSA) is 217 Å². The molecule has 0 fully saturated rings. The average Bonchev–Trinajstić information content (AvgIpc) is 3.50. The zero-order valence-corrected chi connectivity index (χ0v) is 56.2. The summed E-state index contributed by atoms with van der Waals surface area (Å²) in [5.74, 6) is 0.909. The van der Waals surface area contributed by atoms with Gasteiger partial charge in [0.25, 0.3) is 0 Å². The number of unbranched alkanes of at least 4 members (excludes halogenated alkanes) is 25. The second-order valence-corrected chi connectivity index (χ2v) is 25.3. The summed E-state index contributed by atoms with van der Waals surface area (Å²) in [7, 11) is 0. The van der Waals surface area contributed by atoms with Gasteiger partial charge in [-0.05, 0) is 232 Å². The molecule has 4 atom stereocenters. The standard InChI is InChI=1S/C70H146N12O2/c1-5-7-9-11-13-15-17-19-21-23-25-27-29-31-33-35-57-81(63-65(3)61-79-69(83)67(77-55-43-49-73)45-39-51-75-53-41-47-71)59-37-38-60-82(58-36-34-32-30-28-26-24-22-20-18-16-14-12-10-8-6-2)64-66(4)62-80-70(84)68(78-56-44-50-74)46-40-52-76-54-42-48-72/h19-22,65-68,75-78H,5-18,23-64,71-74H2,1-4H3,(H,79,83)(H,80,84). The Morgan fingerprint density at radius 3 is 0.952 bits per heavy atom. The summed E-state index contributed by atoms with van der Waals surface area (Å²) < 4.78 is 0. The van der Waals surface area contributed by atoms with Gasteiger partial charge in [0.15, 0.2) is 0 Å². The Balaban J connectivity index is 5.66. The molecule has 0 aromatic carbocycles. The number of nitrogens with two attached hydrogens (primary N) is 4. The van der Waals surface area contributed by atoms with E-state index in [1.54, 1.807) is 0 Å². The van der Waals surface area contributed by atoms with E-state index >= 15 is 0 Å². The molecule has 4 unspecified atom stereocenters. The molecule has 0 saturated carbocycles. The maximum atomic E-state index is 13.6. The van der Waals surface area contributed by atoms with Crippen molar-refractivity contribution in [3.8, 4) is 0 Å². The lowest BCUT2D eigenvalue weighted by atomic mass is 10.1. The highest BCUT2D eigenvalue weighted by atomic mass is 16.2. The molecule has 2 amide bonds. The van der Waals surface area contributed by atoms with Crippen molar-refractivity contribution >= 4 is 11.8 Å². The van der Waals surface area contributed by atoms with Crippen molar-refractivity contribution in [2.45, 2.75) is 284 Å². The first-order valence-corrected chi connectivity index (χ1v) is 36.2. The van der Waals surface area contributed by atoms with Crippen molar-refractivity contribution < 1.29 is 9.59 Å². The molecule has 14 N–H and O–H groups in total. The molecule has 498 valence electrons. The van der Waals surface area contributed by atoms with Crippen LogP contribution in [0.4, 0.5) is 0 Å². The molecule has 0 aliphatic heterocycles. The zero-order valence-electron chi connectivity index (χ0n) is 56.2. The molecule has 0 bridgehead atoms. The van der Waals surface area contributed by atoms with Gasteiger partial charge in [-0.2, -0.15) is 0 Å². The third-order valence-electron chi connectivity index (χ3n) is 16.5. The normalized spacial score (nSPS) is 13.5. The Morgan fingerprint density at radius 2 is 0.631 bits per heavy atom. The lowest BCUT2D eigenvalue weighted by Crippen LogP contribution is -2.47. The highest BCUT2D eigenvalue weighted by Gasteiger charge is 2.21. The predicted octanol–water partition coefficient (Wildman–Crippen LogP) is 12.0. The maximum Gasteiger partial charge on any atom is 0.237 e. The first-order chi connectivity index (χ1) is 41.3. The van der Waals surface area contributed by atoms with Crippen LogP contribution in [0.3, 0.4) is 0 Å². The number of rotatable bonds is 69. The monoisotopic (exact) mass is 1190 g/mol. The molecular formula is C70H146N12O2. The van der Waals surface area contributed by atoms with Crippen LogP contribution in [0.5, 0.6) is 0 Å². The molecular weight excluding hydrogens is 1040 g/mol. The fourth-order valence-corrected chi connectivity index (χ4v) is 11.2. The summed E-state index contributed by atoms with van der Waals surface area (Å²) in [5.41, 5.74) is 23.0. The van der Waals surface area contributed by atoms with Gasteiger partial charge in [0.2, 0.25) is 11.8 Å². The summed E-state index contributed by atoms with van der Waals surface area (Å²) in [4.78, 5) is 32.7. The average molecular weight is 1190 g/mol. The number of hydrogen-bond donors (Lipinski definition) is 10. The van der Waals surface area contributed by atoms with Crippen molar-refractivity contribution in [3.05, 3.63) is 24.3 Å². The minimum Gasteiger partial charge on any atom is -0.354 e. The molecule has 0 radical (unpaired) electrons. The van der Waals surface area contributed by atoms with Gasteiger partial charge in [-0.1, -0.05) is 168 Å². The number of allylic oxidation sites excluding steroid dienone is 4. The highest BCUT2D eigenvalue weighted by Crippen LogP contribution is 2.15. The van der Waals surface area contributed by atoms with Crippen LogP contribution in [0.15, 0.2) is 24.3 Å². The smallest absolute Gasteiger partial charge is 0.237 e. The van der Waals surface area contributed by atoms with Gasteiger partial charge in [-0.3, -0.25) is 9.59 Å². The van der Waals surface area contributed by atoms with Crippen LogP contribution in [0.1, 0.15) is 272 Å². The van der Waals surface area contributed by atoms with Crippen LogP contribution in [0, 0.1) is 11.8 Å². The lowest BCUT2D eigenvalue weighted by Gasteiger charge is -2.29. The van der Waals surface area contributed by atoms with Crippen molar-refractivity contribution in [2.75, 3.05) is 118 Å². The van der Waals surface area contributed by atoms with Crippen LogP contribution >= 0.6 is 0 Å². The third kappa shape index (κ3) is 57.7. The van der Waals surface area contributed by atoms with E-state index in [1.807, 2.05) is 0 Å². The van der Waals surface area contributed by atoms with E-state index in [1.165, 1.54) is 180 Å². The van der Waals surface area contributed by atoms with Crippen molar-refractivity contribution in [1.82, 2.24) is 41.7 Å². The second-order valence-electron chi connectivity index (χ2n) is 25.3. The van der Waals surface area contributed by atoms with E-state index in [-0.39, 0.29) is 23.9 Å². The molecule has 14 nitrogen and oxygen atoms in total. The van der Waals surface area contributed by atoms with Gasteiger partial charge in [0.1, 0.15) is 0 Å². The summed E-state index contributed by atoms with van der Waals surface area (Å²) in [6.07, 6.45) is 56.1. The first kappa shape index (κ1) is 82.0. The Morgan fingerprint density at radius 1 is 0.357 bits per heavy atom. The fraction of sp³-hybridized carbons (Fsp3) is 0.914. The SMILES string of the molecule is CCCCCCCCC=CCCCCCCCCN(CCCCN(CCCCCCCCC=CCCCCCCCC)CC(C)CNC(=O)C(CCCNCCCN)NCCCN)CC(C)CNC(=O)C(CCCNCCCN)NCCCN. The van der Waals surface area contributed by atoms with Gasteiger partial charge in [0.05, 0.1) is 12.1 Å². The van der Waals surface area contributed by atoms with E-state index in [0.29, 0.717) is 51.1 Å². The zero-order chi connectivity index (χ0) is 61.3. The molecule has 0 aliphatic carbocycles. The maximum absolute atomic E-state index is 13.6. The first-order valence-electron chi connectivity index (χ1n) is 36.2. The van der Waals surface area contributed by atoms with Gasteiger partial charge >= 0.3 is 0 Å². The molecule has 0 aliphatic rings. The van der Waals surface area contributed by atoms with E-state index in [4.69, 9.17) is 22.9 Å². The summed E-state index contributed by atoms with van der Waals surface area (Å²) in [5, 5.41) is 20.7. The molecule has 0 aromatic rings. The predicted molar refractivity (Wildman–Crippen MR) is 368 cm³/mol. The van der Waals surface area contributed by atoms with E-state index in [2.05, 4.69) is 93.7 Å². The number of nitrogens with one attached hydrogen (secondary N) is 6. The number of carbonyl (C=O) groups is 2. The second kappa shape index (κ2) is 67.0. The van der Waals surface area contributed by atoms with Crippen LogP contribution in [0.2, 0.25) is 0 Å². The van der Waals surface area contributed by atoms with Gasteiger partial charge < -0.3 is 64.6 Å². The summed E-state index contributed by atoms with van der Waals surface area (Å²) in [6, 6.07) is -0.415. The summed E-state index contributed by atoms with van der Waals surface area (Å²) in [6.45, 7) is 24.7. The number of amides is 2. The molecule has 0 spiro atoms. The van der Waals surface area contributed by atoms with Crippen LogP contribution in [-0.4, -0.2) is 152 Å². The fourth-order valence-electron chi connectivity index (χ4n) is 11.2. The van der Waals surface area contributed by atoms with E-state index in [9.17, 15) is 9.59 Å². The number of hydrogen-bond acceptors (Lipinski definition) is 12. The molecule has 0 heterocycles. The van der Waals surface area contributed by atoms with E-state index in [0.717, 1.165) is 143 Å². The minimum atomic E-state index is -0.207. The molecule has 0 rings (SSSR count). The van der Waals surface area contributed by atoms with Crippen molar-refractivity contribution in [1.29, 1.82) is 0 Å². The van der Waals surface area contributed by atoms with Gasteiger partial charge in [-0.15, -0.1) is 0 Å². The minimum absolute atomic E-state index is 0.109. The lowest BCUT2D eigenvalue weighted by molar-refractivity contribution is -0.124. The van der Waals surface area contributed by atoms with Crippen LogP contribution in [0.25, 0.3) is 0 Å². The van der Waals surface area contributed by atoms with Crippen molar-refractivity contribution in [3.63, 3.8) is 0 Å². The van der Waals surface area contributed by atoms with Gasteiger partial charge in [-0.25, -0.2) is 0 Å². The van der Waals surface area contributed by atoms with E-state index < -0.39 is 0 Å². The Kier molecular flexibility index (Phi) is 65.4. The van der Waals surface area contributed by atoms with Crippen molar-refractivity contribution in [2.24, 2.45) is 34.8 Å². The Labute approximate surface area is 521 Å². The Hall–Kier alpha value is -1.98. The molecule has 14 heteroatoms. The van der Waals surface area contributed by atoms with Crippen LogP contribution < -0.4 is 54.8 Å². The molecule has 84 heavy (non-hydrogen) atoms. The third-order valence-corrected chi connectivity index (χ3v) is 16.5. The highest BCUT2D eigenvalue weighted by molar-refractivity contribution is 5.82. The molecule has 0 aromatic heterocycles. The number of nitrogens with zero attached hydrogens (tertiary/aromatic N) is 2. The number of carbonyl (C=O) groups excluding carboxylic acids is 2. The molecule has 0 saturated heterocycles. The van der Waals surface area contributed by atoms with Crippen LogP contribution in [-0.2, 0) is 9.59 Å². The largest absolute Gasteiger partial charge is 0.354 e. The summed E-state index contributed by atoms with van der Waals surface area (Å²) >= 11 is 0. The quantitative estimate of drug-likeness (QED) is 0.0203. The Bertz CT molecular complexity index is 1310.